The van der Waals surface area contributed by atoms with Crippen molar-refractivity contribution in [2.45, 2.75) is 127 Å². The highest BCUT2D eigenvalue weighted by Gasteiger charge is 2.51. The largest absolute Gasteiger partial charge is 0.472 e. The van der Waals surface area contributed by atoms with E-state index in [0.29, 0.717) is 6.42 Å². The molecule has 0 bridgehead atoms. The van der Waals surface area contributed by atoms with E-state index in [1.54, 1.807) is 0 Å². The van der Waals surface area contributed by atoms with E-state index in [1.165, 1.54) is 12.8 Å². The average Bonchev–Trinajstić information content (AvgIpc) is 2.94. The maximum atomic E-state index is 12.4. The lowest BCUT2D eigenvalue weighted by atomic mass is 9.85. The Hall–Kier alpha value is -1.67. The van der Waals surface area contributed by atoms with Crippen LogP contribution >= 0.6 is 7.82 Å². The van der Waals surface area contributed by atoms with Gasteiger partial charge >= 0.3 is 19.8 Å². The van der Waals surface area contributed by atoms with Crippen LogP contribution in [0.2, 0.25) is 0 Å². The SMILES string of the molecule is CCCC/C=C\C/C=C\CCCCCCCC(=O)OC(COC(C)=O)COP(=O)(O)OC1C(O)C(O)C(O)C(O)C1O. The Morgan fingerprint density at radius 3 is 1.93 bits per heavy atom. The number of rotatable bonds is 21. The number of carbonyl (C=O) groups is 2. The fourth-order valence-electron chi connectivity index (χ4n) is 4.14. The molecule has 1 aliphatic carbocycles. The third-order valence-corrected chi connectivity index (χ3v) is 7.59. The minimum Gasteiger partial charge on any atom is -0.462 e. The highest BCUT2D eigenvalue weighted by molar-refractivity contribution is 7.47. The minimum absolute atomic E-state index is 0.0761. The van der Waals surface area contributed by atoms with Crippen LogP contribution in [0.25, 0.3) is 0 Å². The van der Waals surface area contributed by atoms with Crippen LogP contribution in [0.5, 0.6) is 0 Å². The zero-order chi connectivity index (χ0) is 31.5. The number of carbonyl (C=O) groups excluding carboxylic acids is 2. The predicted octanol–water partition coefficient (Wildman–Crippen LogP) is 2.20. The van der Waals surface area contributed by atoms with Crippen molar-refractivity contribution in [1.82, 2.24) is 0 Å². The first-order chi connectivity index (χ1) is 19.9. The maximum absolute atomic E-state index is 12.4. The molecule has 1 fully saturated rings. The highest BCUT2D eigenvalue weighted by Crippen LogP contribution is 2.47. The Morgan fingerprint density at radius 1 is 0.786 bits per heavy atom. The van der Waals surface area contributed by atoms with Crippen molar-refractivity contribution in [1.29, 1.82) is 0 Å². The minimum atomic E-state index is -5.07. The lowest BCUT2D eigenvalue weighted by Gasteiger charge is -2.41. The van der Waals surface area contributed by atoms with Gasteiger partial charge in [-0.1, -0.05) is 63.3 Å². The van der Waals surface area contributed by atoms with Gasteiger partial charge in [-0.05, 0) is 32.1 Å². The standard InChI is InChI=1S/C28H49O13P/c1-3-4-5-6-7-8-9-10-11-12-13-14-15-16-17-22(30)40-21(18-38-20(2)29)19-39-42(36,37)41-28-26(34)24(32)23(31)25(33)27(28)35/h6-7,9-10,21,23-28,31-35H,3-5,8,11-19H2,1-2H3,(H,36,37)/b7-6-,10-9-. The van der Waals surface area contributed by atoms with E-state index in [0.717, 1.165) is 51.9 Å². The Balaban J connectivity index is 2.40. The van der Waals surface area contributed by atoms with Gasteiger partial charge in [0.15, 0.2) is 6.10 Å². The molecule has 0 aromatic rings. The molecule has 1 aliphatic rings. The Kier molecular flexibility index (Phi) is 19.3. The molecule has 0 aliphatic heterocycles. The normalized spacial score (nSPS) is 26.8. The molecule has 6 N–H and O–H groups in total. The van der Waals surface area contributed by atoms with E-state index in [1.807, 2.05) is 0 Å². The molecular formula is C28H49O13P. The van der Waals surface area contributed by atoms with Gasteiger partial charge < -0.3 is 39.9 Å². The first-order valence-corrected chi connectivity index (χ1v) is 16.1. The third kappa shape index (κ3) is 15.7. The molecule has 1 saturated carbocycles. The Labute approximate surface area is 247 Å². The monoisotopic (exact) mass is 624 g/mol. The number of phosphoric ester groups is 1. The molecular weight excluding hydrogens is 575 g/mol. The number of aliphatic hydroxyl groups is 5. The van der Waals surface area contributed by atoms with Crippen LogP contribution in [-0.2, 0) is 32.7 Å². The molecule has 13 nitrogen and oxygen atoms in total. The first kappa shape index (κ1) is 38.4. The summed E-state index contributed by atoms with van der Waals surface area (Å²) in [6, 6.07) is 0. The van der Waals surface area contributed by atoms with Crippen LogP contribution in [0.1, 0.15) is 84.5 Å². The van der Waals surface area contributed by atoms with Crippen molar-refractivity contribution in [2.24, 2.45) is 0 Å². The number of allylic oxidation sites excluding steroid dienone is 4. The van der Waals surface area contributed by atoms with E-state index in [4.69, 9.17) is 18.5 Å². The van der Waals surface area contributed by atoms with Crippen molar-refractivity contribution >= 4 is 19.8 Å². The second-order valence-corrected chi connectivity index (χ2v) is 11.7. The van der Waals surface area contributed by atoms with Crippen molar-refractivity contribution < 1.29 is 63.1 Å². The van der Waals surface area contributed by atoms with Gasteiger partial charge in [-0.2, -0.15) is 0 Å². The number of aliphatic hydroxyl groups excluding tert-OH is 5. The molecule has 0 amide bonds. The second-order valence-electron chi connectivity index (χ2n) is 10.3. The summed E-state index contributed by atoms with van der Waals surface area (Å²) >= 11 is 0. The Bertz CT molecular complexity index is 864. The van der Waals surface area contributed by atoms with Crippen molar-refractivity contribution in [3.8, 4) is 0 Å². The lowest BCUT2D eigenvalue weighted by molar-refractivity contribution is -0.220. The molecule has 0 heterocycles. The highest BCUT2D eigenvalue weighted by atomic mass is 31.2. The predicted molar refractivity (Wildman–Crippen MR) is 152 cm³/mol. The summed E-state index contributed by atoms with van der Waals surface area (Å²) in [5, 5.41) is 49.1. The van der Waals surface area contributed by atoms with Gasteiger partial charge in [-0.3, -0.25) is 18.6 Å². The summed E-state index contributed by atoms with van der Waals surface area (Å²) in [7, 11) is -5.07. The van der Waals surface area contributed by atoms with E-state index < -0.39 is 75.7 Å². The topological polar surface area (TPSA) is 210 Å². The second kappa shape index (κ2) is 21.1. The van der Waals surface area contributed by atoms with Crippen molar-refractivity contribution in [2.75, 3.05) is 13.2 Å². The summed E-state index contributed by atoms with van der Waals surface area (Å²) in [6.07, 6.45) is 5.53. The fraction of sp³-hybridized carbons (Fsp3) is 0.786. The average molecular weight is 625 g/mol. The number of unbranched alkanes of at least 4 members (excludes halogenated alkanes) is 7. The first-order valence-electron chi connectivity index (χ1n) is 14.6. The molecule has 0 radical (unpaired) electrons. The van der Waals surface area contributed by atoms with E-state index >= 15 is 0 Å². The van der Waals surface area contributed by atoms with Gasteiger partial charge in [0, 0.05) is 13.3 Å². The van der Waals surface area contributed by atoms with Crippen LogP contribution in [-0.4, -0.2) is 98.3 Å². The van der Waals surface area contributed by atoms with Gasteiger partial charge in [0.2, 0.25) is 0 Å². The van der Waals surface area contributed by atoms with E-state index in [9.17, 15) is 44.6 Å². The molecule has 244 valence electrons. The smallest absolute Gasteiger partial charge is 0.462 e. The quantitative estimate of drug-likeness (QED) is 0.0469. The van der Waals surface area contributed by atoms with Crippen molar-refractivity contribution in [3.05, 3.63) is 24.3 Å². The molecule has 1 rings (SSSR count). The molecule has 6 unspecified atom stereocenters. The molecule has 0 spiro atoms. The molecule has 0 aromatic heterocycles. The summed E-state index contributed by atoms with van der Waals surface area (Å²) < 4.78 is 32.0. The van der Waals surface area contributed by atoms with Crippen LogP contribution in [0.4, 0.5) is 0 Å². The fourth-order valence-corrected chi connectivity index (χ4v) is 5.12. The van der Waals surface area contributed by atoms with Crippen LogP contribution < -0.4 is 0 Å². The summed E-state index contributed by atoms with van der Waals surface area (Å²) in [6.45, 7) is 2.08. The third-order valence-electron chi connectivity index (χ3n) is 6.60. The summed E-state index contributed by atoms with van der Waals surface area (Å²) in [4.78, 5) is 33.6. The molecule has 6 atom stereocenters. The van der Waals surface area contributed by atoms with E-state index in [2.05, 4.69) is 31.2 Å². The van der Waals surface area contributed by atoms with Crippen LogP contribution in [0, 0.1) is 0 Å². The molecule has 0 saturated heterocycles. The Morgan fingerprint density at radius 2 is 1.33 bits per heavy atom. The molecule has 42 heavy (non-hydrogen) atoms. The van der Waals surface area contributed by atoms with Gasteiger partial charge in [-0.15, -0.1) is 0 Å². The summed E-state index contributed by atoms with van der Waals surface area (Å²) in [5.74, 6) is -1.31. The lowest BCUT2D eigenvalue weighted by Crippen LogP contribution is -2.64. The number of phosphoric acid groups is 1. The van der Waals surface area contributed by atoms with E-state index in [-0.39, 0.29) is 6.42 Å². The number of hydrogen-bond donors (Lipinski definition) is 6. The van der Waals surface area contributed by atoms with Gasteiger partial charge in [0.1, 0.15) is 43.2 Å². The number of ether oxygens (including phenoxy) is 2. The van der Waals surface area contributed by atoms with Crippen LogP contribution in [0.3, 0.4) is 0 Å². The number of esters is 2. The van der Waals surface area contributed by atoms with Crippen molar-refractivity contribution in [3.63, 3.8) is 0 Å². The number of hydrogen-bond acceptors (Lipinski definition) is 12. The summed E-state index contributed by atoms with van der Waals surface area (Å²) in [5.41, 5.74) is 0. The van der Waals surface area contributed by atoms with Gasteiger partial charge in [0.05, 0.1) is 6.61 Å². The zero-order valence-corrected chi connectivity index (χ0v) is 25.4. The van der Waals surface area contributed by atoms with Gasteiger partial charge in [-0.25, -0.2) is 4.57 Å². The molecule has 0 aromatic carbocycles. The van der Waals surface area contributed by atoms with Crippen LogP contribution in [0.15, 0.2) is 24.3 Å². The zero-order valence-electron chi connectivity index (χ0n) is 24.5. The van der Waals surface area contributed by atoms with Gasteiger partial charge in [0.25, 0.3) is 0 Å². The molecule has 14 heteroatoms. The maximum Gasteiger partial charge on any atom is 0.472 e.